The largest absolute Gasteiger partial charge is 0.394 e. The Labute approximate surface area is 471 Å². The second-order valence-electron chi connectivity index (χ2n) is 20.7. The quantitative estimate of drug-likeness (QED) is 0.0261. The molecule has 438 valence electrons. The van der Waals surface area contributed by atoms with Crippen LogP contribution in [0.15, 0.2) is 134 Å². The van der Waals surface area contributed by atoms with Gasteiger partial charge in [0.2, 0.25) is 5.91 Å². The number of hydrogen-bond acceptors (Lipinski definition) is 8. The summed E-state index contributed by atoms with van der Waals surface area (Å²) in [7, 11) is 0. The first-order valence-corrected chi connectivity index (χ1v) is 30.9. The number of rotatable bonds is 51. The van der Waals surface area contributed by atoms with Crippen molar-refractivity contribution >= 4 is 5.91 Å². The standard InChI is InChI=1S/C68H113NO8/c1-3-5-7-9-11-13-15-17-19-20-21-22-23-24-25-26-27-28-29-30-31-32-33-34-35-36-37-38-39-40-41-42-44-46-48-50-52-54-56-58-64(72)69-61(60-76-68-67(75)66(74)65(73)63(59-70)77-68)62(71)57-55-53-51-49-47-45-43-18-16-14-12-10-8-6-4-2/h5,7,11,13,16-19,21-22,24-25,27-28,30-31,33-34,47,49,55,57,61-63,65-68,70-71,73-75H,3-4,6,8-10,12,14-15,20,23,26,29,32,35-46,48,50-54,56,58-60H2,1-2H3,(H,69,72)/b7-5-,13-11-,18-16+,19-17-,22-21-,25-24-,28-27-,31-30-,34-33-,49-47+,57-55+. The van der Waals surface area contributed by atoms with Crippen LogP contribution in [0.3, 0.4) is 0 Å². The van der Waals surface area contributed by atoms with Gasteiger partial charge in [-0.2, -0.15) is 0 Å². The van der Waals surface area contributed by atoms with Crippen LogP contribution >= 0.6 is 0 Å². The number of amides is 1. The molecule has 1 aliphatic rings. The number of allylic oxidation sites excluding steroid dienone is 21. The highest BCUT2D eigenvalue weighted by Gasteiger charge is 2.44. The Bertz CT molecular complexity index is 1670. The van der Waals surface area contributed by atoms with Crippen molar-refractivity contribution in [2.45, 2.75) is 275 Å². The first-order valence-electron chi connectivity index (χ1n) is 30.9. The molecule has 1 fully saturated rings. The fraction of sp³-hybridized carbons (Fsp3) is 0.662. The zero-order chi connectivity index (χ0) is 55.8. The van der Waals surface area contributed by atoms with E-state index in [1.54, 1.807) is 6.08 Å². The molecule has 1 saturated heterocycles. The molecule has 1 rings (SSSR count). The molecule has 7 unspecified atom stereocenters. The molecule has 9 nitrogen and oxygen atoms in total. The minimum absolute atomic E-state index is 0.197. The van der Waals surface area contributed by atoms with E-state index >= 15 is 0 Å². The minimum Gasteiger partial charge on any atom is -0.394 e. The van der Waals surface area contributed by atoms with Gasteiger partial charge in [-0.1, -0.05) is 250 Å². The summed E-state index contributed by atoms with van der Waals surface area (Å²) in [5.41, 5.74) is 0. The van der Waals surface area contributed by atoms with Crippen molar-refractivity contribution < 1.29 is 39.8 Å². The number of nitrogens with one attached hydrogen (secondary N) is 1. The van der Waals surface area contributed by atoms with Gasteiger partial charge < -0.3 is 40.3 Å². The summed E-state index contributed by atoms with van der Waals surface area (Å²) in [5, 5.41) is 54.4. The van der Waals surface area contributed by atoms with Crippen LogP contribution in [0.1, 0.15) is 232 Å². The van der Waals surface area contributed by atoms with E-state index in [1.165, 1.54) is 109 Å². The molecule has 0 aromatic rings. The number of aliphatic hydroxyl groups is 5. The molecule has 77 heavy (non-hydrogen) atoms. The Hall–Kier alpha value is -3.67. The number of unbranched alkanes of at least 4 members (excludes halogenated alkanes) is 21. The summed E-state index contributed by atoms with van der Waals surface area (Å²) < 4.78 is 11.2. The highest BCUT2D eigenvalue weighted by molar-refractivity contribution is 5.76. The number of hydrogen-bond donors (Lipinski definition) is 6. The van der Waals surface area contributed by atoms with Crippen molar-refractivity contribution in [3.8, 4) is 0 Å². The molecule has 6 N–H and O–H groups in total. The molecule has 1 amide bonds. The van der Waals surface area contributed by atoms with Gasteiger partial charge in [0, 0.05) is 6.42 Å². The van der Waals surface area contributed by atoms with Crippen LogP contribution in [0, 0.1) is 0 Å². The van der Waals surface area contributed by atoms with Crippen LogP contribution < -0.4 is 5.32 Å². The average Bonchev–Trinajstić information content (AvgIpc) is 3.43. The monoisotopic (exact) mass is 1070 g/mol. The predicted octanol–water partition coefficient (Wildman–Crippen LogP) is 16.1. The second kappa shape index (κ2) is 55.6. The van der Waals surface area contributed by atoms with E-state index < -0.39 is 49.5 Å². The van der Waals surface area contributed by atoms with Crippen LogP contribution in [-0.4, -0.2) is 87.5 Å². The van der Waals surface area contributed by atoms with Gasteiger partial charge in [-0.05, 0) is 109 Å². The Balaban J connectivity index is 2.14. The number of carbonyl (C=O) groups excluding carboxylic acids is 1. The molecule has 1 aliphatic heterocycles. The lowest BCUT2D eigenvalue weighted by Gasteiger charge is -2.40. The van der Waals surface area contributed by atoms with Gasteiger partial charge in [0.25, 0.3) is 0 Å². The summed E-state index contributed by atoms with van der Waals surface area (Å²) in [6.07, 6.45) is 78.2. The molecule has 7 atom stereocenters. The van der Waals surface area contributed by atoms with Gasteiger partial charge in [-0.25, -0.2) is 0 Å². The smallest absolute Gasteiger partial charge is 0.220 e. The van der Waals surface area contributed by atoms with Crippen LogP contribution in [0.5, 0.6) is 0 Å². The molecule has 0 aromatic heterocycles. The molecular formula is C68H113NO8. The van der Waals surface area contributed by atoms with E-state index in [9.17, 15) is 30.3 Å². The Morgan fingerprint density at radius 1 is 0.455 bits per heavy atom. The highest BCUT2D eigenvalue weighted by atomic mass is 16.7. The third-order valence-electron chi connectivity index (χ3n) is 13.7. The summed E-state index contributed by atoms with van der Waals surface area (Å²) in [4.78, 5) is 13.1. The van der Waals surface area contributed by atoms with E-state index in [0.29, 0.717) is 6.42 Å². The van der Waals surface area contributed by atoms with Gasteiger partial charge >= 0.3 is 0 Å². The fourth-order valence-corrected chi connectivity index (χ4v) is 8.85. The molecule has 0 radical (unpaired) electrons. The Morgan fingerprint density at radius 2 is 0.818 bits per heavy atom. The molecule has 9 heteroatoms. The lowest BCUT2D eigenvalue weighted by Crippen LogP contribution is -2.60. The maximum absolute atomic E-state index is 13.1. The molecule has 0 aliphatic carbocycles. The van der Waals surface area contributed by atoms with Gasteiger partial charge in [0.1, 0.15) is 24.4 Å². The maximum atomic E-state index is 13.1. The van der Waals surface area contributed by atoms with Crippen molar-refractivity contribution in [3.05, 3.63) is 134 Å². The van der Waals surface area contributed by atoms with Gasteiger partial charge in [0.15, 0.2) is 6.29 Å². The summed E-state index contributed by atoms with van der Waals surface area (Å²) >= 11 is 0. The Kier molecular flexibility index (Phi) is 51.5. The zero-order valence-corrected chi connectivity index (χ0v) is 48.7. The normalized spacial score (nSPS) is 19.7. The molecular weight excluding hydrogens is 959 g/mol. The van der Waals surface area contributed by atoms with Gasteiger partial charge in [0.05, 0.1) is 25.4 Å². The summed E-state index contributed by atoms with van der Waals surface area (Å²) in [6, 6.07) is -0.836. The second-order valence-corrected chi connectivity index (χ2v) is 20.7. The lowest BCUT2D eigenvalue weighted by molar-refractivity contribution is -0.302. The van der Waals surface area contributed by atoms with Crippen molar-refractivity contribution in [2.75, 3.05) is 13.2 Å². The van der Waals surface area contributed by atoms with Crippen molar-refractivity contribution in [3.63, 3.8) is 0 Å². The molecule has 0 saturated carbocycles. The van der Waals surface area contributed by atoms with Crippen LogP contribution in [-0.2, 0) is 14.3 Å². The summed E-state index contributed by atoms with van der Waals surface area (Å²) in [5.74, 6) is -0.197. The summed E-state index contributed by atoms with van der Waals surface area (Å²) in [6.45, 7) is 3.62. The fourth-order valence-electron chi connectivity index (χ4n) is 8.85. The third kappa shape index (κ3) is 44.8. The van der Waals surface area contributed by atoms with Gasteiger partial charge in [-0.15, -0.1) is 0 Å². The average molecular weight is 1070 g/mol. The van der Waals surface area contributed by atoms with Crippen LogP contribution in [0.2, 0.25) is 0 Å². The molecule has 0 bridgehead atoms. The van der Waals surface area contributed by atoms with E-state index in [2.05, 4.69) is 141 Å². The van der Waals surface area contributed by atoms with Crippen molar-refractivity contribution in [2.24, 2.45) is 0 Å². The van der Waals surface area contributed by atoms with Crippen molar-refractivity contribution in [1.29, 1.82) is 0 Å². The van der Waals surface area contributed by atoms with Crippen LogP contribution in [0.25, 0.3) is 0 Å². The zero-order valence-electron chi connectivity index (χ0n) is 48.7. The number of carbonyl (C=O) groups is 1. The third-order valence-corrected chi connectivity index (χ3v) is 13.7. The predicted molar refractivity (Wildman–Crippen MR) is 327 cm³/mol. The number of aliphatic hydroxyl groups excluding tert-OH is 5. The van der Waals surface area contributed by atoms with Gasteiger partial charge in [-0.3, -0.25) is 4.79 Å². The van der Waals surface area contributed by atoms with E-state index in [-0.39, 0.29) is 12.5 Å². The van der Waals surface area contributed by atoms with Crippen molar-refractivity contribution in [1.82, 2.24) is 5.32 Å². The SMILES string of the molecule is CC/C=C\C/C=C\C/C=C\C/C=C\C/C=C\C/C=C\C/C=C\C/C=C\CCCCCCCCCCCCCCCCC(=O)NC(COC1OC(CO)C(O)C(O)C1O)C(O)/C=C/CC/C=C/CC/C=C/CCCCCCC. The molecule has 1 heterocycles. The highest BCUT2D eigenvalue weighted by Crippen LogP contribution is 2.23. The first kappa shape index (κ1) is 71.3. The topological polar surface area (TPSA) is 149 Å². The van der Waals surface area contributed by atoms with E-state index in [4.69, 9.17) is 9.47 Å². The van der Waals surface area contributed by atoms with E-state index in [0.717, 1.165) is 103 Å². The first-order chi connectivity index (χ1) is 37.8. The van der Waals surface area contributed by atoms with Crippen LogP contribution in [0.4, 0.5) is 0 Å². The number of ether oxygens (including phenoxy) is 2. The minimum atomic E-state index is -1.58. The Morgan fingerprint density at radius 3 is 1.25 bits per heavy atom. The lowest BCUT2D eigenvalue weighted by atomic mass is 9.99. The molecule has 0 aromatic carbocycles. The maximum Gasteiger partial charge on any atom is 0.220 e. The molecule has 0 spiro atoms. The van der Waals surface area contributed by atoms with E-state index in [1.807, 2.05) is 6.08 Å².